The molecule has 4 nitrogen and oxygen atoms in total. The summed E-state index contributed by atoms with van der Waals surface area (Å²) in [6.45, 7) is 1.92. The third kappa shape index (κ3) is 2.97. The second-order valence-electron chi connectivity index (χ2n) is 6.07. The highest BCUT2D eigenvalue weighted by molar-refractivity contribution is 7.89. The van der Waals surface area contributed by atoms with Gasteiger partial charge < -0.3 is 5.11 Å². The summed E-state index contributed by atoms with van der Waals surface area (Å²) in [4.78, 5) is 0.261. The SMILES string of the molecule is Cc1ccc(S(=O)(=O)N(C)C2=C(c3ccccc3)C(O)CC2)cc1. The number of aliphatic hydroxyl groups is 1. The largest absolute Gasteiger partial charge is 0.388 e. The van der Waals surface area contributed by atoms with Gasteiger partial charge in [-0.1, -0.05) is 48.0 Å². The second-order valence-corrected chi connectivity index (χ2v) is 8.04. The van der Waals surface area contributed by atoms with E-state index in [0.29, 0.717) is 24.1 Å². The van der Waals surface area contributed by atoms with Crippen LogP contribution in [-0.2, 0) is 10.0 Å². The van der Waals surface area contributed by atoms with Gasteiger partial charge in [-0.15, -0.1) is 0 Å². The second kappa shape index (κ2) is 6.42. The van der Waals surface area contributed by atoms with Crippen molar-refractivity contribution in [2.75, 3.05) is 7.05 Å². The fourth-order valence-electron chi connectivity index (χ4n) is 3.06. The fourth-order valence-corrected chi connectivity index (χ4v) is 4.34. The standard InChI is InChI=1S/C19H21NO3S/c1-14-8-10-16(11-9-14)24(22,23)20(2)17-12-13-18(21)19(17)15-6-4-3-5-7-15/h3-11,18,21H,12-13H2,1-2H3. The van der Waals surface area contributed by atoms with E-state index in [4.69, 9.17) is 0 Å². The van der Waals surface area contributed by atoms with Crippen LogP contribution in [0.15, 0.2) is 65.2 Å². The lowest BCUT2D eigenvalue weighted by atomic mass is 10.0. The molecule has 0 aliphatic heterocycles. The Bertz CT molecular complexity index is 855. The Hall–Kier alpha value is -2.11. The fraction of sp³-hybridized carbons (Fsp3) is 0.263. The first kappa shape index (κ1) is 16.7. The first-order valence-corrected chi connectivity index (χ1v) is 9.37. The minimum absolute atomic E-state index is 0.261. The third-order valence-electron chi connectivity index (χ3n) is 4.44. The molecular formula is C19H21NO3S. The minimum atomic E-state index is -3.64. The van der Waals surface area contributed by atoms with E-state index in [0.717, 1.165) is 11.1 Å². The molecule has 1 unspecified atom stereocenters. The Morgan fingerprint density at radius 3 is 2.29 bits per heavy atom. The number of aryl methyl sites for hydroxylation is 1. The average Bonchev–Trinajstić information content (AvgIpc) is 2.96. The van der Waals surface area contributed by atoms with E-state index < -0.39 is 16.1 Å². The predicted molar refractivity (Wildman–Crippen MR) is 94.7 cm³/mol. The first-order chi connectivity index (χ1) is 11.4. The molecule has 3 rings (SSSR count). The Morgan fingerprint density at radius 1 is 1.04 bits per heavy atom. The Morgan fingerprint density at radius 2 is 1.67 bits per heavy atom. The highest BCUT2D eigenvalue weighted by Crippen LogP contribution is 2.37. The third-order valence-corrected chi connectivity index (χ3v) is 6.25. The van der Waals surface area contributed by atoms with Crippen molar-refractivity contribution in [2.45, 2.75) is 30.8 Å². The molecule has 1 aliphatic rings. The number of hydrogen-bond donors (Lipinski definition) is 1. The summed E-state index contributed by atoms with van der Waals surface area (Å²) < 4.78 is 27.2. The summed E-state index contributed by atoms with van der Waals surface area (Å²) in [5.74, 6) is 0. The quantitative estimate of drug-likeness (QED) is 0.927. The Labute approximate surface area is 143 Å². The molecule has 1 N–H and O–H groups in total. The molecule has 126 valence electrons. The van der Waals surface area contributed by atoms with E-state index in [1.54, 1.807) is 31.3 Å². The van der Waals surface area contributed by atoms with Crippen LogP contribution in [0.5, 0.6) is 0 Å². The molecule has 2 aromatic carbocycles. The van der Waals surface area contributed by atoms with Crippen LogP contribution in [0, 0.1) is 6.92 Å². The summed E-state index contributed by atoms with van der Waals surface area (Å²) in [6, 6.07) is 16.3. The maximum absolute atomic E-state index is 12.9. The van der Waals surface area contributed by atoms with Gasteiger partial charge in [-0.05, 0) is 37.5 Å². The van der Waals surface area contributed by atoms with E-state index in [9.17, 15) is 13.5 Å². The maximum Gasteiger partial charge on any atom is 0.263 e. The molecule has 0 saturated heterocycles. The van der Waals surface area contributed by atoms with Gasteiger partial charge in [0.05, 0.1) is 11.0 Å². The van der Waals surface area contributed by atoms with Gasteiger partial charge in [0.2, 0.25) is 0 Å². The molecule has 0 saturated carbocycles. The van der Waals surface area contributed by atoms with Crippen molar-refractivity contribution in [2.24, 2.45) is 0 Å². The lowest BCUT2D eigenvalue weighted by Gasteiger charge is -2.23. The smallest absolute Gasteiger partial charge is 0.263 e. The molecule has 0 aromatic heterocycles. The maximum atomic E-state index is 12.9. The topological polar surface area (TPSA) is 57.6 Å². The van der Waals surface area contributed by atoms with Crippen molar-refractivity contribution in [3.05, 3.63) is 71.4 Å². The van der Waals surface area contributed by atoms with Crippen LogP contribution in [-0.4, -0.2) is 31.0 Å². The van der Waals surface area contributed by atoms with Crippen molar-refractivity contribution >= 4 is 15.6 Å². The van der Waals surface area contributed by atoms with Gasteiger partial charge in [-0.3, -0.25) is 4.31 Å². The molecule has 0 spiro atoms. The van der Waals surface area contributed by atoms with Crippen LogP contribution in [0.1, 0.15) is 24.0 Å². The summed E-state index contributed by atoms with van der Waals surface area (Å²) in [5, 5.41) is 10.4. The number of allylic oxidation sites excluding steroid dienone is 1. The molecular weight excluding hydrogens is 322 g/mol. The number of rotatable bonds is 4. The van der Waals surface area contributed by atoms with Gasteiger partial charge in [0, 0.05) is 18.3 Å². The van der Waals surface area contributed by atoms with Crippen LogP contribution in [0.4, 0.5) is 0 Å². The first-order valence-electron chi connectivity index (χ1n) is 7.93. The van der Waals surface area contributed by atoms with E-state index in [1.807, 2.05) is 37.3 Å². The van der Waals surface area contributed by atoms with Gasteiger partial charge in [-0.25, -0.2) is 8.42 Å². The van der Waals surface area contributed by atoms with Crippen molar-refractivity contribution in [1.29, 1.82) is 0 Å². The summed E-state index contributed by atoms with van der Waals surface area (Å²) in [5.41, 5.74) is 3.24. The van der Waals surface area contributed by atoms with Crippen molar-refractivity contribution in [3.63, 3.8) is 0 Å². The van der Waals surface area contributed by atoms with Crippen molar-refractivity contribution in [3.8, 4) is 0 Å². The summed E-state index contributed by atoms with van der Waals surface area (Å²) >= 11 is 0. The van der Waals surface area contributed by atoms with E-state index in [-0.39, 0.29) is 4.90 Å². The Kier molecular flexibility index (Phi) is 4.47. The minimum Gasteiger partial charge on any atom is -0.388 e. The zero-order valence-electron chi connectivity index (χ0n) is 13.8. The van der Waals surface area contributed by atoms with Gasteiger partial charge >= 0.3 is 0 Å². The number of sulfonamides is 1. The average molecular weight is 343 g/mol. The molecule has 5 heteroatoms. The molecule has 0 heterocycles. The highest BCUT2D eigenvalue weighted by Gasteiger charge is 2.32. The van der Waals surface area contributed by atoms with Crippen LogP contribution in [0.3, 0.4) is 0 Å². The summed E-state index contributed by atoms with van der Waals surface area (Å²) in [7, 11) is -2.08. The van der Waals surface area contributed by atoms with E-state index >= 15 is 0 Å². The molecule has 0 fully saturated rings. The molecule has 0 bridgehead atoms. The molecule has 24 heavy (non-hydrogen) atoms. The normalized spacial score (nSPS) is 18.0. The van der Waals surface area contributed by atoms with E-state index in [1.165, 1.54) is 4.31 Å². The van der Waals surface area contributed by atoms with Crippen LogP contribution < -0.4 is 0 Å². The molecule has 2 aromatic rings. The number of hydrogen-bond acceptors (Lipinski definition) is 3. The van der Waals surface area contributed by atoms with Crippen LogP contribution in [0.2, 0.25) is 0 Å². The zero-order chi connectivity index (χ0) is 17.3. The van der Waals surface area contributed by atoms with Crippen molar-refractivity contribution < 1.29 is 13.5 Å². The van der Waals surface area contributed by atoms with Crippen molar-refractivity contribution in [1.82, 2.24) is 4.31 Å². The van der Waals surface area contributed by atoms with Gasteiger partial charge in [0.1, 0.15) is 0 Å². The highest BCUT2D eigenvalue weighted by atomic mass is 32.2. The predicted octanol–water partition coefficient (Wildman–Crippen LogP) is 3.18. The van der Waals surface area contributed by atoms with Crippen LogP contribution in [0.25, 0.3) is 5.57 Å². The lowest BCUT2D eigenvalue weighted by molar-refractivity contribution is 0.231. The van der Waals surface area contributed by atoms with Gasteiger partial charge in [0.15, 0.2) is 0 Å². The zero-order valence-corrected chi connectivity index (χ0v) is 14.6. The Balaban J connectivity index is 2.05. The molecule has 1 atom stereocenters. The molecule has 0 radical (unpaired) electrons. The monoisotopic (exact) mass is 343 g/mol. The van der Waals surface area contributed by atoms with E-state index in [2.05, 4.69) is 0 Å². The molecule has 1 aliphatic carbocycles. The lowest BCUT2D eigenvalue weighted by Crippen LogP contribution is -2.26. The van der Waals surface area contributed by atoms with Gasteiger partial charge in [-0.2, -0.15) is 0 Å². The number of benzene rings is 2. The number of aliphatic hydroxyl groups excluding tert-OH is 1. The summed E-state index contributed by atoms with van der Waals surface area (Å²) in [6.07, 6.45) is 0.429. The van der Waals surface area contributed by atoms with Gasteiger partial charge in [0.25, 0.3) is 10.0 Å². The molecule has 0 amide bonds. The number of nitrogens with zero attached hydrogens (tertiary/aromatic N) is 1. The van der Waals surface area contributed by atoms with Crippen LogP contribution >= 0.6 is 0 Å².